The zero-order valence-corrected chi connectivity index (χ0v) is 17.0. The van der Waals surface area contributed by atoms with Crippen LogP contribution in [0.3, 0.4) is 0 Å². The van der Waals surface area contributed by atoms with Crippen molar-refractivity contribution in [3.8, 4) is 5.75 Å². The van der Waals surface area contributed by atoms with E-state index in [0.29, 0.717) is 23.1 Å². The minimum Gasteiger partial charge on any atom is -0.497 e. The zero-order valence-electron chi connectivity index (χ0n) is 15.3. The fourth-order valence-electron chi connectivity index (χ4n) is 2.55. The van der Waals surface area contributed by atoms with E-state index in [9.17, 15) is 13.2 Å². The van der Waals surface area contributed by atoms with Gasteiger partial charge in [-0.25, -0.2) is 13.4 Å². The van der Waals surface area contributed by atoms with Crippen molar-refractivity contribution >= 4 is 38.1 Å². The van der Waals surface area contributed by atoms with Crippen molar-refractivity contribution in [2.45, 2.75) is 18.4 Å². The second-order valence-corrected chi connectivity index (χ2v) is 8.46. The van der Waals surface area contributed by atoms with E-state index in [-0.39, 0.29) is 10.8 Å². The number of carbonyl (C=O) groups is 1. The first-order chi connectivity index (χ1) is 13.4. The van der Waals surface area contributed by atoms with Crippen LogP contribution in [0.2, 0.25) is 0 Å². The van der Waals surface area contributed by atoms with Crippen LogP contribution in [-0.2, 0) is 21.4 Å². The minimum absolute atomic E-state index is 0.131. The van der Waals surface area contributed by atoms with E-state index in [0.717, 1.165) is 5.56 Å². The average molecular weight is 418 g/mol. The number of hydrogen-bond donors (Lipinski definition) is 1. The number of amides is 1. The van der Waals surface area contributed by atoms with Gasteiger partial charge in [-0.3, -0.25) is 14.4 Å². The number of methoxy groups -OCH3 is 1. The summed E-state index contributed by atoms with van der Waals surface area (Å²) in [5.41, 5.74) is 1.19. The molecule has 0 unspecified atom stereocenters. The lowest BCUT2D eigenvalue weighted by Crippen LogP contribution is -2.27. The van der Waals surface area contributed by atoms with Gasteiger partial charge in [0, 0.05) is 24.2 Å². The maximum atomic E-state index is 12.6. The summed E-state index contributed by atoms with van der Waals surface area (Å²) >= 11 is 1.37. The molecule has 0 saturated heterocycles. The molecule has 2 aromatic carbocycles. The third-order valence-corrected chi connectivity index (χ3v) is 6.11. The second-order valence-electron chi connectivity index (χ2n) is 5.90. The predicted molar refractivity (Wildman–Crippen MR) is 109 cm³/mol. The fourth-order valence-corrected chi connectivity index (χ4v) is 4.28. The number of hydrogen-bond acceptors (Lipinski definition) is 6. The topological polar surface area (TPSA) is 88.6 Å². The van der Waals surface area contributed by atoms with Gasteiger partial charge < -0.3 is 4.74 Å². The first-order valence-electron chi connectivity index (χ1n) is 8.32. The van der Waals surface area contributed by atoms with E-state index in [1.54, 1.807) is 46.8 Å². The lowest BCUT2D eigenvalue weighted by Gasteiger charge is -2.18. The quantitative estimate of drug-likeness (QED) is 0.636. The molecular weight excluding hydrogens is 398 g/mol. The number of nitrogens with zero attached hydrogens (tertiary/aromatic N) is 2. The van der Waals surface area contributed by atoms with Gasteiger partial charge in [0.1, 0.15) is 5.75 Å². The molecule has 3 rings (SSSR count). The number of sulfonamides is 1. The molecule has 0 aliphatic rings. The van der Waals surface area contributed by atoms with E-state index < -0.39 is 10.0 Å². The maximum Gasteiger partial charge on any atom is 0.261 e. The Morgan fingerprint density at radius 3 is 2.57 bits per heavy atom. The summed E-state index contributed by atoms with van der Waals surface area (Å²) in [6, 6.07) is 13.1. The highest BCUT2D eigenvalue weighted by Gasteiger charge is 2.17. The number of rotatable bonds is 7. The first kappa shape index (κ1) is 19.8. The van der Waals surface area contributed by atoms with E-state index in [4.69, 9.17) is 4.74 Å². The summed E-state index contributed by atoms with van der Waals surface area (Å²) < 4.78 is 32.8. The molecular formula is C19H19N3O4S2. The number of benzene rings is 2. The zero-order chi connectivity index (χ0) is 20.1. The molecule has 0 aliphatic carbocycles. The highest BCUT2D eigenvalue weighted by atomic mass is 32.2. The molecule has 3 aromatic rings. The highest BCUT2D eigenvalue weighted by Crippen LogP contribution is 2.23. The Balaban J connectivity index is 1.79. The Hall–Kier alpha value is -2.91. The Morgan fingerprint density at radius 1 is 1.21 bits per heavy atom. The van der Waals surface area contributed by atoms with Gasteiger partial charge in [-0.15, -0.1) is 11.3 Å². The largest absolute Gasteiger partial charge is 0.497 e. The van der Waals surface area contributed by atoms with Crippen molar-refractivity contribution in [2.75, 3.05) is 16.7 Å². The van der Waals surface area contributed by atoms with Crippen LogP contribution in [0, 0.1) is 0 Å². The van der Waals surface area contributed by atoms with Crippen molar-refractivity contribution < 1.29 is 17.9 Å². The van der Waals surface area contributed by atoms with Gasteiger partial charge in [-0.05, 0) is 42.0 Å². The van der Waals surface area contributed by atoms with E-state index >= 15 is 0 Å². The van der Waals surface area contributed by atoms with Gasteiger partial charge in [0.2, 0.25) is 5.91 Å². The molecule has 7 nitrogen and oxygen atoms in total. The average Bonchev–Trinajstić information content (AvgIpc) is 3.20. The molecule has 1 amide bonds. The summed E-state index contributed by atoms with van der Waals surface area (Å²) in [6.07, 6.45) is 1.63. The van der Waals surface area contributed by atoms with Crippen LogP contribution in [0.15, 0.2) is 65.0 Å². The molecule has 0 saturated carbocycles. The van der Waals surface area contributed by atoms with Gasteiger partial charge in [-0.1, -0.05) is 12.1 Å². The van der Waals surface area contributed by atoms with Crippen molar-refractivity contribution in [1.29, 1.82) is 0 Å². The molecule has 0 atom stereocenters. The number of ether oxygens (including phenoxy) is 1. The number of carbonyl (C=O) groups excluding carboxylic acids is 1. The molecule has 28 heavy (non-hydrogen) atoms. The molecule has 0 spiro atoms. The van der Waals surface area contributed by atoms with Crippen LogP contribution in [0.1, 0.15) is 12.5 Å². The fraction of sp³-hybridized carbons (Fsp3) is 0.158. The van der Waals surface area contributed by atoms with E-state index in [2.05, 4.69) is 9.71 Å². The van der Waals surface area contributed by atoms with Gasteiger partial charge >= 0.3 is 0 Å². The van der Waals surface area contributed by atoms with Crippen molar-refractivity contribution in [2.24, 2.45) is 0 Å². The molecule has 1 N–H and O–H groups in total. The lowest BCUT2D eigenvalue weighted by molar-refractivity contribution is -0.116. The van der Waals surface area contributed by atoms with Crippen molar-refractivity contribution in [3.05, 3.63) is 65.7 Å². The summed E-state index contributed by atoms with van der Waals surface area (Å²) in [4.78, 5) is 17.8. The van der Waals surface area contributed by atoms with Crippen LogP contribution < -0.4 is 14.4 Å². The smallest absolute Gasteiger partial charge is 0.261 e. The van der Waals surface area contributed by atoms with E-state index in [1.165, 1.54) is 37.5 Å². The molecule has 0 aliphatic heterocycles. The van der Waals surface area contributed by atoms with Crippen molar-refractivity contribution in [3.63, 3.8) is 0 Å². The Kier molecular flexibility index (Phi) is 5.96. The third kappa shape index (κ3) is 4.68. The molecule has 9 heteroatoms. The monoisotopic (exact) mass is 417 g/mol. The van der Waals surface area contributed by atoms with E-state index in [1.807, 2.05) is 6.07 Å². The van der Waals surface area contributed by atoms with Crippen molar-refractivity contribution in [1.82, 2.24) is 4.98 Å². The number of aromatic nitrogens is 1. The Bertz CT molecular complexity index is 1050. The molecule has 1 aromatic heterocycles. The number of nitrogens with one attached hydrogen (secondary N) is 1. The maximum absolute atomic E-state index is 12.6. The van der Waals surface area contributed by atoms with Crippen LogP contribution in [0.5, 0.6) is 5.75 Å². The molecule has 0 bridgehead atoms. The van der Waals surface area contributed by atoms with Gasteiger partial charge in [0.15, 0.2) is 5.13 Å². The van der Waals surface area contributed by atoms with Gasteiger partial charge in [0.05, 0.1) is 18.6 Å². The standard InChI is InChI=1S/C19H19N3O4S2/c1-14(23)22(19-20-10-11-27-19)13-15-4-3-5-16(12-15)21-28(24,25)18-8-6-17(26-2)7-9-18/h3-12,21H,13H2,1-2H3. The highest BCUT2D eigenvalue weighted by molar-refractivity contribution is 7.92. The molecule has 146 valence electrons. The summed E-state index contributed by atoms with van der Waals surface area (Å²) in [6.45, 7) is 1.76. The normalized spacial score (nSPS) is 11.1. The second kappa shape index (κ2) is 8.41. The molecule has 1 heterocycles. The molecule has 0 fully saturated rings. The van der Waals surface area contributed by atoms with Crippen LogP contribution >= 0.6 is 11.3 Å². The lowest BCUT2D eigenvalue weighted by atomic mass is 10.2. The summed E-state index contributed by atoms with van der Waals surface area (Å²) in [5.74, 6) is 0.437. The van der Waals surface area contributed by atoms with Gasteiger partial charge in [-0.2, -0.15) is 0 Å². The number of thiazole rings is 1. The Labute approximate surface area is 167 Å². The summed E-state index contributed by atoms with van der Waals surface area (Å²) in [7, 11) is -2.22. The molecule has 0 radical (unpaired) electrons. The SMILES string of the molecule is COc1ccc(S(=O)(=O)Nc2cccc(CN(C(C)=O)c3nccs3)c2)cc1. The predicted octanol–water partition coefficient (Wildman–Crippen LogP) is 3.51. The third-order valence-electron chi connectivity index (χ3n) is 3.92. The minimum atomic E-state index is -3.74. The number of anilines is 2. The van der Waals surface area contributed by atoms with Crippen LogP contribution in [-0.4, -0.2) is 26.4 Å². The van der Waals surface area contributed by atoms with Crippen LogP contribution in [0.25, 0.3) is 0 Å². The Morgan fingerprint density at radius 2 is 1.96 bits per heavy atom. The first-order valence-corrected chi connectivity index (χ1v) is 10.7. The summed E-state index contributed by atoms with van der Waals surface area (Å²) in [5, 5.41) is 2.39. The van der Waals surface area contributed by atoms with Gasteiger partial charge in [0.25, 0.3) is 10.0 Å². The van der Waals surface area contributed by atoms with Crippen LogP contribution in [0.4, 0.5) is 10.8 Å².